The molecule has 0 heterocycles. The van der Waals surface area contributed by atoms with E-state index in [1.54, 1.807) is 36.4 Å². The van der Waals surface area contributed by atoms with E-state index >= 15 is 0 Å². The van der Waals surface area contributed by atoms with Crippen molar-refractivity contribution < 1.29 is 10.2 Å². The number of hydrogen-bond acceptors (Lipinski definition) is 2. The molecule has 0 atom stereocenters. The standard InChI is InChI=1S/C13H10O2/c14-11-7-3-1-2-4-8-12-9-5-6-10-13(12)15/h1-2,5-6,9-10,14-15H,11H2/b2-1-. The lowest BCUT2D eigenvalue weighted by molar-refractivity contribution is 0.350. The Morgan fingerprint density at radius 2 is 1.87 bits per heavy atom. The van der Waals surface area contributed by atoms with Crippen molar-refractivity contribution in [2.75, 3.05) is 6.61 Å². The summed E-state index contributed by atoms with van der Waals surface area (Å²) in [6, 6.07) is 6.86. The van der Waals surface area contributed by atoms with E-state index in [2.05, 4.69) is 23.7 Å². The van der Waals surface area contributed by atoms with Crippen molar-refractivity contribution >= 4 is 0 Å². The van der Waals surface area contributed by atoms with Gasteiger partial charge < -0.3 is 10.2 Å². The third kappa shape index (κ3) is 4.04. The monoisotopic (exact) mass is 198 g/mol. The SMILES string of the molecule is OCC#C/C=C\C#Cc1ccccc1O. The number of para-hydroxylation sites is 1. The summed E-state index contributed by atoms with van der Waals surface area (Å²) in [5.74, 6) is 10.7. The highest BCUT2D eigenvalue weighted by molar-refractivity contribution is 5.46. The summed E-state index contributed by atoms with van der Waals surface area (Å²) in [5, 5.41) is 17.7. The van der Waals surface area contributed by atoms with Gasteiger partial charge in [-0.3, -0.25) is 0 Å². The topological polar surface area (TPSA) is 40.5 Å². The minimum atomic E-state index is -0.156. The molecule has 0 saturated carbocycles. The second-order valence-electron chi connectivity index (χ2n) is 2.60. The molecule has 2 heteroatoms. The van der Waals surface area contributed by atoms with Crippen LogP contribution in [0.25, 0.3) is 0 Å². The molecule has 2 N–H and O–H groups in total. The summed E-state index contributed by atoms with van der Waals surface area (Å²) in [4.78, 5) is 0. The fourth-order valence-corrected chi connectivity index (χ4v) is 0.887. The summed E-state index contributed by atoms with van der Waals surface area (Å²) < 4.78 is 0. The molecule has 0 saturated heterocycles. The Labute approximate surface area is 88.9 Å². The number of aliphatic hydroxyl groups excluding tert-OH is 1. The third-order valence-corrected chi connectivity index (χ3v) is 1.54. The number of aliphatic hydroxyl groups is 1. The molecule has 0 bridgehead atoms. The van der Waals surface area contributed by atoms with Gasteiger partial charge in [-0.1, -0.05) is 35.8 Å². The van der Waals surface area contributed by atoms with Crippen molar-refractivity contribution in [1.29, 1.82) is 0 Å². The van der Waals surface area contributed by atoms with E-state index in [4.69, 9.17) is 5.11 Å². The summed E-state index contributed by atoms with van der Waals surface area (Å²) in [5.41, 5.74) is 0.581. The smallest absolute Gasteiger partial charge is 0.131 e. The molecule has 0 aliphatic rings. The summed E-state index contributed by atoms with van der Waals surface area (Å²) in [7, 11) is 0. The van der Waals surface area contributed by atoms with Crippen LogP contribution in [-0.2, 0) is 0 Å². The van der Waals surface area contributed by atoms with Gasteiger partial charge in [-0.05, 0) is 24.3 Å². The van der Waals surface area contributed by atoms with Gasteiger partial charge in [0.1, 0.15) is 12.4 Å². The number of allylic oxidation sites excluding steroid dienone is 2. The largest absolute Gasteiger partial charge is 0.507 e. The highest BCUT2D eigenvalue weighted by atomic mass is 16.3. The molecule has 0 fully saturated rings. The van der Waals surface area contributed by atoms with E-state index in [0.717, 1.165) is 0 Å². The van der Waals surface area contributed by atoms with E-state index in [1.165, 1.54) is 0 Å². The van der Waals surface area contributed by atoms with Crippen LogP contribution < -0.4 is 0 Å². The zero-order chi connectivity index (χ0) is 10.9. The fourth-order valence-electron chi connectivity index (χ4n) is 0.887. The Kier molecular flexibility index (Phi) is 4.60. The van der Waals surface area contributed by atoms with E-state index in [0.29, 0.717) is 5.56 Å². The van der Waals surface area contributed by atoms with Crippen LogP contribution in [0.2, 0.25) is 0 Å². The van der Waals surface area contributed by atoms with Crippen molar-refractivity contribution in [2.24, 2.45) is 0 Å². The number of rotatable bonds is 0. The Morgan fingerprint density at radius 1 is 1.13 bits per heavy atom. The minimum Gasteiger partial charge on any atom is -0.507 e. The van der Waals surface area contributed by atoms with Gasteiger partial charge in [0.05, 0.1) is 5.56 Å². The lowest BCUT2D eigenvalue weighted by Crippen LogP contribution is -1.73. The Hall–Kier alpha value is -2.16. The van der Waals surface area contributed by atoms with Crippen LogP contribution in [0.4, 0.5) is 0 Å². The van der Waals surface area contributed by atoms with Crippen molar-refractivity contribution in [2.45, 2.75) is 0 Å². The fraction of sp³-hybridized carbons (Fsp3) is 0.0769. The predicted molar refractivity (Wildman–Crippen MR) is 59.0 cm³/mol. The summed E-state index contributed by atoms with van der Waals surface area (Å²) >= 11 is 0. The number of benzene rings is 1. The lowest BCUT2D eigenvalue weighted by Gasteiger charge is -1.92. The first kappa shape index (κ1) is 10.9. The number of phenolic OH excluding ortho intramolecular Hbond substituents is 1. The Bertz CT molecular complexity index is 465. The molecule has 0 amide bonds. The van der Waals surface area contributed by atoms with Crippen molar-refractivity contribution in [3.63, 3.8) is 0 Å². The van der Waals surface area contributed by atoms with Gasteiger partial charge in [0.15, 0.2) is 0 Å². The lowest BCUT2D eigenvalue weighted by atomic mass is 10.2. The van der Waals surface area contributed by atoms with Gasteiger partial charge in [0, 0.05) is 0 Å². The quantitative estimate of drug-likeness (QED) is 0.617. The molecule has 15 heavy (non-hydrogen) atoms. The molecule has 1 aromatic carbocycles. The molecule has 0 aromatic heterocycles. The number of phenols is 1. The average Bonchev–Trinajstić information content (AvgIpc) is 2.25. The van der Waals surface area contributed by atoms with Gasteiger partial charge in [-0.15, -0.1) is 0 Å². The molecule has 2 nitrogen and oxygen atoms in total. The molecular formula is C13H10O2. The van der Waals surface area contributed by atoms with Crippen LogP contribution in [0, 0.1) is 23.7 Å². The maximum absolute atomic E-state index is 9.36. The van der Waals surface area contributed by atoms with Gasteiger partial charge >= 0.3 is 0 Å². The molecule has 74 valence electrons. The zero-order valence-electron chi connectivity index (χ0n) is 8.07. The first-order valence-electron chi connectivity index (χ1n) is 4.38. The maximum Gasteiger partial charge on any atom is 0.131 e. The normalized spacial score (nSPS) is 8.87. The minimum absolute atomic E-state index is 0.156. The van der Waals surface area contributed by atoms with Crippen molar-refractivity contribution in [3.8, 4) is 29.4 Å². The van der Waals surface area contributed by atoms with Crippen LogP contribution in [0.5, 0.6) is 5.75 Å². The molecule has 1 aromatic rings. The molecule has 0 aliphatic carbocycles. The first-order valence-corrected chi connectivity index (χ1v) is 4.38. The molecular weight excluding hydrogens is 188 g/mol. The highest BCUT2D eigenvalue weighted by Crippen LogP contribution is 2.13. The van der Waals surface area contributed by atoms with Gasteiger partial charge in [-0.2, -0.15) is 0 Å². The molecule has 0 unspecified atom stereocenters. The average molecular weight is 198 g/mol. The van der Waals surface area contributed by atoms with Crippen LogP contribution in [0.15, 0.2) is 36.4 Å². The zero-order valence-corrected chi connectivity index (χ0v) is 8.07. The summed E-state index contributed by atoms with van der Waals surface area (Å²) in [6.45, 7) is -0.156. The predicted octanol–water partition coefficient (Wildman–Crippen LogP) is 1.30. The third-order valence-electron chi connectivity index (χ3n) is 1.54. The molecule has 1 rings (SSSR count). The van der Waals surface area contributed by atoms with E-state index in [1.807, 2.05) is 0 Å². The van der Waals surface area contributed by atoms with Crippen molar-refractivity contribution in [1.82, 2.24) is 0 Å². The van der Waals surface area contributed by atoms with Gasteiger partial charge in [-0.25, -0.2) is 0 Å². The second-order valence-corrected chi connectivity index (χ2v) is 2.60. The summed E-state index contributed by atoms with van der Waals surface area (Å²) in [6.07, 6.45) is 3.11. The van der Waals surface area contributed by atoms with E-state index in [9.17, 15) is 5.11 Å². The second kappa shape index (κ2) is 6.32. The van der Waals surface area contributed by atoms with Crippen LogP contribution >= 0.6 is 0 Å². The van der Waals surface area contributed by atoms with Crippen molar-refractivity contribution in [3.05, 3.63) is 42.0 Å². The molecule has 0 radical (unpaired) electrons. The number of aromatic hydroxyl groups is 1. The van der Waals surface area contributed by atoms with Crippen LogP contribution in [0.3, 0.4) is 0 Å². The molecule has 0 spiro atoms. The maximum atomic E-state index is 9.36. The van der Waals surface area contributed by atoms with E-state index < -0.39 is 0 Å². The van der Waals surface area contributed by atoms with Crippen LogP contribution in [-0.4, -0.2) is 16.8 Å². The highest BCUT2D eigenvalue weighted by Gasteiger charge is 1.91. The van der Waals surface area contributed by atoms with E-state index in [-0.39, 0.29) is 12.4 Å². The Balaban J connectivity index is 2.67. The van der Waals surface area contributed by atoms with Gasteiger partial charge in [0.2, 0.25) is 0 Å². The number of hydrogen-bond donors (Lipinski definition) is 2. The Morgan fingerprint density at radius 3 is 2.60 bits per heavy atom. The first-order chi connectivity index (χ1) is 7.34. The van der Waals surface area contributed by atoms with Gasteiger partial charge in [0.25, 0.3) is 0 Å². The van der Waals surface area contributed by atoms with Crippen LogP contribution in [0.1, 0.15) is 5.56 Å². The molecule has 0 aliphatic heterocycles.